The lowest BCUT2D eigenvalue weighted by molar-refractivity contribution is -0.119. The van der Waals surface area contributed by atoms with Crippen LogP contribution in [-0.4, -0.2) is 47.9 Å². The van der Waals surface area contributed by atoms with E-state index >= 15 is 0 Å². The Labute approximate surface area is 197 Å². The molecule has 1 N–H and O–H groups in total. The molecule has 0 heterocycles. The quantitative estimate of drug-likeness (QED) is 0.384. The monoisotopic (exact) mass is 508 g/mol. The van der Waals surface area contributed by atoms with Crippen LogP contribution in [0.1, 0.15) is 12.0 Å². The summed E-state index contributed by atoms with van der Waals surface area (Å²) in [5.74, 6) is 0.799. The number of carbonyl (C=O) groups excluding carboxylic acids is 1. The first-order valence-electron chi connectivity index (χ1n) is 9.16. The maximum absolute atomic E-state index is 12.4. The van der Waals surface area contributed by atoms with Crippen molar-refractivity contribution < 1.29 is 22.7 Å². The Morgan fingerprint density at radius 3 is 2.26 bits per heavy atom. The van der Waals surface area contributed by atoms with Crippen LogP contribution in [0.25, 0.3) is 0 Å². The molecule has 11 heteroatoms. The van der Waals surface area contributed by atoms with Crippen LogP contribution in [0.15, 0.2) is 30.3 Å². The molecule has 0 aliphatic heterocycles. The molecule has 2 rings (SSSR count). The van der Waals surface area contributed by atoms with E-state index in [4.69, 9.17) is 44.3 Å². The highest BCUT2D eigenvalue weighted by Gasteiger charge is 2.24. The van der Waals surface area contributed by atoms with Crippen molar-refractivity contribution in [3.05, 3.63) is 51.0 Å². The molecular weight excluding hydrogens is 487 g/mol. The van der Waals surface area contributed by atoms with Crippen LogP contribution in [0, 0.1) is 0 Å². The second-order valence-electron chi connectivity index (χ2n) is 6.63. The van der Waals surface area contributed by atoms with Gasteiger partial charge in [-0.3, -0.25) is 9.10 Å². The molecule has 0 spiro atoms. The molecular formula is C20H23Cl3N2O5S. The first-order chi connectivity index (χ1) is 14.6. The van der Waals surface area contributed by atoms with Gasteiger partial charge in [0, 0.05) is 6.54 Å². The summed E-state index contributed by atoms with van der Waals surface area (Å²) >= 11 is 18.0. The third-order valence-corrected chi connectivity index (χ3v) is 6.51. The highest BCUT2D eigenvalue weighted by molar-refractivity contribution is 7.92. The lowest BCUT2D eigenvalue weighted by atomic mass is 10.1. The molecule has 170 valence electrons. The Bertz CT molecular complexity index is 1050. The predicted molar refractivity (Wildman–Crippen MR) is 125 cm³/mol. The van der Waals surface area contributed by atoms with Crippen molar-refractivity contribution in [2.24, 2.45) is 0 Å². The smallest absolute Gasteiger partial charge is 0.240 e. The van der Waals surface area contributed by atoms with Gasteiger partial charge in [0.1, 0.15) is 6.54 Å². The lowest BCUT2D eigenvalue weighted by Crippen LogP contribution is -2.40. The summed E-state index contributed by atoms with van der Waals surface area (Å²) < 4.78 is 35.8. The van der Waals surface area contributed by atoms with Crippen molar-refractivity contribution in [1.82, 2.24) is 5.32 Å². The van der Waals surface area contributed by atoms with E-state index in [1.165, 1.54) is 12.1 Å². The van der Waals surface area contributed by atoms with Gasteiger partial charge < -0.3 is 14.8 Å². The number of carbonyl (C=O) groups is 1. The van der Waals surface area contributed by atoms with E-state index in [0.29, 0.717) is 30.9 Å². The molecule has 31 heavy (non-hydrogen) atoms. The molecule has 0 saturated carbocycles. The molecule has 1 amide bonds. The molecule has 0 saturated heterocycles. The molecule has 0 aliphatic carbocycles. The fourth-order valence-electron chi connectivity index (χ4n) is 2.83. The normalized spacial score (nSPS) is 11.2. The Balaban J connectivity index is 1.98. The SMILES string of the molecule is COc1ccc(CCCNC(=O)CN(c2cc(Cl)c(Cl)cc2Cl)S(C)(=O)=O)cc1OC. The van der Waals surface area contributed by atoms with Gasteiger partial charge in [-0.1, -0.05) is 40.9 Å². The van der Waals surface area contributed by atoms with Crippen LogP contribution in [0.4, 0.5) is 5.69 Å². The number of rotatable bonds is 10. The Hall–Kier alpha value is -1.87. The molecule has 2 aromatic carbocycles. The highest BCUT2D eigenvalue weighted by Crippen LogP contribution is 2.35. The van der Waals surface area contributed by atoms with E-state index < -0.39 is 22.5 Å². The molecule has 0 aliphatic rings. The second kappa shape index (κ2) is 11.1. The number of hydrogen-bond acceptors (Lipinski definition) is 5. The molecule has 0 radical (unpaired) electrons. The number of benzene rings is 2. The molecule has 0 bridgehead atoms. The number of methoxy groups -OCH3 is 2. The Morgan fingerprint density at radius 1 is 1.00 bits per heavy atom. The van der Waals surface area contributed by atoms with E-state index in [1.807, 2.05) is 18.2 Å². The first-order valence-corrected chi connectivity index (χ1v) is 12.1. The van der Waals surface area contributed by atoms with Crippen molar-refractivity contribution in [2.45, 2.75) is 12.8 Å². The van der Waals surface area contributed by atoms with E-state index in [-0.39, 0.29) is 20.8 Å². The summed E-state index contributed by atoms with van der Waals surface area (Å²) in [7, 11) is -0.660. The largest absolute Gasteiger partial charge is 0.493 e. The molecule has 0 unspecified atom stereocenters. The van der Waals surface area contributed by atoms with Gasteiger partial charge in [-0.15, -0.1) is 0 Å². The highest BCUT2D eigenvalue weighted by atomic mass is 35.5. The number of amides is 1. The fourth-order valence-corrected chi connectivity index (χ4v) is 4.38. The van der Waals surface area contributed by atoms with Crippen molar-refractivity contribution >= 4 is 56.4 Å². The van der Waals surface area contributed by atoms with Gasteiger partial charge in [-0.05, 0) is 42.7 Å². The van der Waals surface area contributed by atoms with Crippen LogP contribution >= 0.6 is 34.8 Å². The summed E-state index contributed by atoms with van der Waals surface area (Å²) in [6.45, 7) is -0.0766. The molecule has 0 atom stereocenters. The van der Waals surface area contributed by atoms with Crippen LogP contribution < -0.4 is 19.1 Å². The summed E-state index contributed by atoms with van der Waals surface area (Å²) in [5, 5.41) is 3.10. The van der Waals surface area contributed by atoms with Gasteiger partial charge in [0.15, 0.2) is 11.5 Å². The van der Waals surface area contributed by atoms with Gasteiger partial charge in [0.05, 0.1) is 41.2 Å². The van der Waals surface area contributed by atoms with Crippen LogP contribution in [0.2, 0.25) is 15.1 Å². The molecule has 7 nitrogen and oxygen atoms in total. The van der Waals surface area contributed by atoms with Crippen LogP contribution in [0.5, 0.6) is 11.5 Å². The van der Waals surface area contributed by atoms with Gasteiger partial charge in [0.25, 0.3) is 0 Å². The number of nitrogens with zero attached hydrogens (tertiary/aromatic N) is 1. The second-order valence-corrected chi connectivity index (χ2v) is 9.76. The van der Waals surface area contributed by atoms with Crippen molar-refractivity contribution in [2.75, 3.05) is 37.9 Å². The average Bonchev–Trinajstić information content (AvgIpc) is 2.71. The molecule has 0 fully saturated rings. The van der Waals surface area contributed by atoms with Crippen LogP contribution in [0.3, 0.4) is 0 Å². The minimum atomic E-state index is -3.79. The average molecular weight is 510 g/mol. The van der Waals surface area contributed by atoms with Gasteiger partial charge in [-0.2, -0.15) is 0 Å². The number of aryl methyl sites for hydroxylation is 1. The Morgan fingerprint density at radius 2 is 1.65 bits per heavy atom. The van der Waals surface area contributed by atoms with Crippen molar-refractivity contribution in [3.63, 3.8) is 0 Å². The summed E-state index contributed by atoms with van der Waals surface area (Å²) in [6.07, 6.45) is 2.32. The fraction of sp³-hybridized carbons (Fsp3) is 0.350. The zero-order valence-electron chi connectivity index (χ0n) is 17.2. The number of anilines is 1. The van der Waals surface area contributed by atoms with E-state index in [0.717, 1.165) is 16.1 Å². The number of nitrogens with one attached hydrogen (secondary N) is 1. The predicted octanol–water partition coefficient (Wildman–Crippen LogP) is 4.18. The zero-order chi connectivity index (χ0) is 23.2. The summed E-state index contributed by atoms with van der Waals surface area (Å²) in [4.78, 5) is 12.4. The van der Waals surface area contributed by atoms with E-state index in [2.05, 4.69) is 5.32 Å². The maximum atomic E-state index is 12.4. The minimum absolute atomic E-state index is 0.0704. The number of hydrogen-bond donors (Lipinski definition) is 1. The Kier molecular flexibility index (Phi) is 9.12. The topological polar surface area (TPSA) is 84.9 Å². The van der Waals surface area contributed by atoms with Crippen LogP contribution in [-0.2, 0) is 21.2 Å². The molecule has 0 aromatic heterocycles. The van der Waals surface area contributed by atoms with E-state index in [9.17, 15) is 13.2 Å². The number of sulfonamides is 1. The standard InChI is InChI=1S/C20H23Cl3N2O5S/c1-29-18-7-6-13(9-19(18)30-2)5-4-8-24-20(26)12-25(31(3,27)28)17-11-15(22)14(21)10-16(17)23/h6-7,9-11H,4-5,8,12H2,1-3H3,(H,24,26). The van der Waals surface area contributed by atoms with Crippen molar-refractivity contribution in [3.8, 4) is 11.5 Å². The van der Waals surface area contributed by atoms with Crippen molar-refractivity contribution in [1.29, 1.82) is 0 Å². The van der Waals surface area contributed by atoms with E-state index in [1.54, 1.807) is 14.2 Å². The van der Waals surface area contributed by atoms with Gasteiger partial charge in [-0.25, -0.2) is 8.42 Å². The van der Waals surface area contributed by atoms with Gasteiger partial charge >= 0.3 is 0 Å². The molecule has 2 aromatic rings. The number of halogens is 3. The first kappa shape index (κ1) is 25.4. The minimum Gasteiger partial charge on any atom is -0.493 e. The summed E-state index contributed by atoms with van der Waals surface area (Å²) in [6, 6.07) is 8.26. The third-order valence-electron chi connectivity index (χ3n) is 4.36. The maximum Gasteiger partial charge on any atom is 0.240 e. The number of ether oxygens (including phenoxy) is 2. The lowest BCUT2D eigenvalue weighted by Gasteiger charge is -2.23. The zero-order valence-corrected chi connectivity index (χ0v) is 20.3. The van der Waals surface area contributed by atoms with Gasteiger partial charge in [0.2, 0.25) is 15.9 Å². The summed E-state index contributed by atoms with van der Waals surface area (Å²) in [5.41, 5.74) is 1.10. The third kappa shape index (κ3) is 7.07.